The molecule has 0 saturated carbocycles. The third-order valence-corrected chi connectivity index (χ3v) is 3.83. The first-order chi connectivity index (χ1) is 9.83. The molecule has 1 heterocycles. The van der Waals surface area contributed by atoms with E-state index in [9.17, 15) is 0 Å². The predicted octanol–water partition coefficient (Wildman–Crippen LogP) is 3.55. The van der Waals surface area contributed by atoms with Crippen LogP contribution < -0.4 is 10.1 Å². The summed E-state index contributed by atoms with van der Waals surface area (Å²) in [4.78, 5) is 0. The summed E-state index contributed by atoms with van der Waals surface area (Å²) in [5, 5.41) is 3.67. The van der Waals surface area contributed by atoms with E-state index in [2.05, 4.69) is 36.5 Å². The van der Waals surface area contributed by atoms with Gasteiger partial charge in [-0.05, 0) is 56.3 Å². The molecule has 3 nitrogen and oxygen atoms in total. The molecule has 1 aliphatic heterocycles. The van der Waals surface area contributed by atoms with Crippen molar-refractivity contribution in [3.8, 4) is 5.75 Å². The Morgan fingerprint density at radius 1 is 1.30 bits per heavy atom. The second-order valence-corrected chi connectivity index (χ2v) is 5.47. The van der Waals surface area contributed by atoms with Crippen LogP contribution >= 0.6 is 0 Å². The molecular formula is C17H27NO2. The number of nitrogens with one attached hydrogen (secondary N) is 1. The molecule has 2 rings (SSSR count). The Balaban J connectivity index is 1.99. The van der Waals surface area contributed by atoms with Crippen LogP contribution in [-0.4, -0.2) is 26.4 Å². The minimum Gasteiger partial charge on any atom is -0.494 e. The summed E-state index contributed by atoms with van der Waals surface area (Å²) in [5.74, 6) is 1.64. The van der Waals surface area contributed by atoms with E-state index in [1.807, 2.05) is 6.92 Å². The van der Waals surface area contributed by atoms with Crippen molar-refractivity contribution in [2.45, 2.75) is 39.2 Å². The highest BCUT2D eigenvalue weighted by molar-refractivity contribution is 5.29. The van der Waals surface area contributed by atoms with E-state index in [0.29, 0.717) is 12.0 Å². The zero-order chi connectivity index (χ0) is 14.2. The lowest BCUT2D eigenvalue weighted by molar-refractivity contribution is 0.181. The van der Waals surface area contributed by atoms with Crippen LogP contribution in [-0.2, 0) is 4.74 Å². The maximum absolute atomic E-state index is 5.51. The molecule has 0 aliphatic carbocycles. The lowest BCUT2D eigenvalue weighted by Gasteiger charge is -2.22. The van der Waals surface area contributed by atoms with Gasteiger partial charge in [0.1, 0.15) is 5.75 Å². The van der Waals surface area contributed by atoms with Crippen LogP contribution in [0.15, 0.2) is 24.3 Å². The third kappa shape index (κ3) is 4.50. The Labute approximate surface area is 122 Å². The molecule has 0 aromatic heterocycles. The lowest BCUT2D eigenvalue weighted by Crippen LogP contribution is -2.24. The smallest absolute Gasteiger partial charge is 0.119 e. The Hall–Kier alpha value is -1.06. The number of ether oxygens (including phenoxy) is 2. The molecule has 0 spiro atoms. The van der Waals surface area contributed by atoms with E-state index in [4.69, 9.17) is 9.47 Å². The minimum absolute atomic E-state index is 0.428. The van der Waals surface area contributed by atoms with Gasteiger partial charge >= 0.3 is 0 Å². The van der Waals surface area contributed by atoms with E-state index in [1.54, 1.807) is 0 Å². The fraction of sp³-hybridized carbons (Fsp3) is 0.647. The van der Waals surface area contributed by atoms with E-state index < -0.39 is 0 Å². The summed E-state index contributed by atoms with van der Waals surface area (Å²) in [5.41, 5.74) is 1.36. The van der Waals surface area contributed by atoms with Gasteiger partial charge in [-0.25, -0.2) is 0 Å². The zero-order valence-electron chi connectivity index (χ0n) is 12.7. The van der Waals surface area contributed by atoms with Crippen LogP contribution in [0.4, 0.5) is 0 Å². The normalized spacial score (nSPS) is 20.0. The van der Waals surface area contributed by atoms with Gasteiger partial charge in [0.2, 0.25) is 0 Å². The van der Waals surface area contributed by atoms with Crippen LogP contribution in [0.1, 0.15) is 44.7 Å². The summed E-state index contributed by atoms with van der Waals surface area (Å²) in [7, 11) is 0. The van der Waals surface area contributed by atoms with Crippen molar-refractivity contribution in [1.29, 1.82) is 0 Å². The maximum atomic E-state index is 5.51. The van der Waals surface area contributed by atoms with Gasteiger partial charge in [0.05, 0.1) is 6.61 Å². The highest BCUT2D eigenvalue weighted by Gasteiger charge is 2.21. The van der Waals surface area contributed by atoms with Crippen molar-refractivity contribution in [1.82, 2.24) is 5.32 Å². The minimum atomic E-state index is 0.428. The van der Waals surface area contributed by atoms with Gasteiger partial charge in [0, 0.05) is 19.3 Å². The second kappa shape index (κ2) is 8.28. The summed E-state index contributed by atoms with van der Waals surface area (Å²) < 4.78 is 11.0. The van der Waals surface area contributed by atoms with Crippen molar-refractivity contribution in [2.75, 3.05) is 26.4 Å². The van der Waals surface area contributed by atoms with Crippen molar-refractivity contribution in [3.63, 3.8) is 0 Å². The standard InChI is InChI=1S/C17H27NO2/c1-3-10-18-17(12-14-9-11-19-13-14)15-5-7-16(8-6-15)20-4-2/h5-8,14,17-18H,3-4,9-13H2,1-2H3. The van der Waals surface area contributed by atoms with Crippen molar-refractivity contribution >= 4 is 0 Å². The van der Waals surface area contributed by atoms with E-state index in [0.717, 1.165) is 45.0 Å². The first-order valence-corrected chi connectivity index (χ1v) is 7.87. The van der Waals surface area contributed by atoms with Crippen molar-refractivity contribution < 1.29 is 9.47 Å². The molecule has 112 valence electrons. The van der Waals surface area contributed by atoms with Crippen LogP contribution in [0.25, 0.3) is 0 Å². The second-order valence-electron chi connectivity index (χ2n) is 5.47. The molecule has 3 heteroatoms. The molecule has 0 radical (unpaired) electrons. The number of rotatable bonds is 8. The monoisotopic (exact) mass is 277 g/mol. The van der Waals surface area contributed by atoms with Crippen LogP contribution in [0.2, 0.25) is 0 Å². The molecule has 2 atom stereocenters. The van der Waals surface area contributed by atoms with Gasteiger partial charge in [-0.3, -0.25) is 0 Å². The fourth-order valence-electron chi connectivity index (χ4n) is 2.72. The summed E-state index contributed by atoms with van der Waals surface area (Å²) >= 11 is 0. The van der Waals surface area contributed by atoms with Gasteiger partial charge in [0.15, 0.2) is 0 Å². The average Bonchev–Trinajstić information content (AvgIpc) is 2.98. The summed E-state index contributed by atoms with van der Waals surface area (Å²) in [6.07, 6.45) is 3.52. The fourth-order valence-corrected chi connectivity index (χ4v) is 2.72. The highest BCUT2D eigenvalue weighted by Crippen LogP contribution is 2.27. The van der Waals surface area contributed by atoms with Gasteiger partial charge in [-0.1, -0.05) is 19.1 Å². The number of hydrogen-bond acceptors (Lipinski definition) is 3. The first-order valence-electron chi connectivity index (χ1n) is 7.87. The molecule has 2 unspecified atom stereocenters. The average molecular weight is 277 g/mol. The first kappa shape index (κ1) is 15.3. The summed E-state index contributed by atoms with van der Waals surface area (Å²) in [6, 6.07) is 8.95. The molecule has 1 N–H and O–H groups in total. The molecule has 1 aliphatic rings. The van der Waals surface area contributed by atoms with E-state index in [1.165, 1.54) is 12.0 Å². The molecule has 1 saturated heterocycles. The molecule has 1 fully saturated rings. The maximum Gasteiger partial charge on any atom is 0.119 e. The summed E-state index contributed by atoms with van der Waals surface area (Å²) in [6.45, 7) is 7.85. The van der Waals surface area contributed by atoms with Crippen LogP contribution in [0.5, 0.6) is 5.75 Å². The highest BCUT2D eigenvalue weighted by atomic mass is 16.5. The third-order valence-electron chi connectivity index (χ3n) is 3.83. The quantitative estimate of drug-likeness (QED) is 0.788. The molecule has 0 bridgehead atoms. The van der Waals surface area contributed by atoms with Crippen LogP contribution in [0.3, 0.4) is 0 Å². The van der Waals surface area contributed by atoms with E-state index in [-0.39, 0.29) is 0 Å². The van der Waals surface area contributed by atoms with Crippen molar-refractivity contribution in [2.24, 2.45) is 5.92 Å². The number of benzene rings is 1. The molecule has 20 heavy (non-hydrogen) atoms. The molecule has 0 amide bonds. The zero-order valence-corrected chi connectivity index (χ0v) is 12.7. The van der Waals surface area contributed by atoms with Crippen LogP contribution in [0, 0.1) is 5.92 Å². The Morgan fingerprint density at radius 3 is 2.70 bits per heavy atom. The molecular weight excluding hydrogens is 250 g/mol. The Kier molecular flexibility index (Phi) is 6.34. The van der Waals surface area contributed by atoms with Gasteiger partial charge in [-0.2, -0.15) is 0 Å². The van der Waals surface area contributed by atoms with Gasteiger partial charge < -0.3 is 14.8 Å². The SMILES string of the molecule is CCCNC(CC1CCOC1)c1ccc(OCC)cc1. The number of hydrogen-bond donors (Lipinski definition) is 1. The van der Waals surface area contributed by atoms with E-state index >= 15 is 0 Å². The topological polar surface area (TPSA) is 30.5 Å². The largest absolute Gasteiger partial charge is 0.494 e. The Bertz CT molecular complexity index is 371. The molecule has 1 aromatic rings. The lowest BCUT2D eigenvalue weighted by atomic mass is 9.94. The van der Waals surface area contributed by atoms with Gasteiger partial charge in [0.25, 0.3) is 0 Å². The Morgan fingerprint density at radius 2 is 2.10 bits per heavy atom. The van der Waals surface area contributed by atoms with Gasteiger partial charge in [-0.15, -0.1) is 0 Å². The van der Waals surface area contributed by atoms with Crippen molar-refractivity contribution in [3.05, 3.63) is 29.8 Å². The molecule has 1 aromatic carbocycles. The predicted molar refractivity (Wildman–Crippen MR) is 82.2 cm³/mol.